The third-order valence-electron chi connectivity index (χ3n) is 2.49. The number of halogens is 2. The van der Waals surface area contributed by atoms with Crippen molar-refractivity contribution in [1.29, 1.82) is 0 Å². The van der Waals surface area contributed by atoms with Crippen LogP contribution in [0.4, 0.5) is 4.39 Å². The molecular formula is C12H17BrFNO2. The van der Waals surface area contributed by atoms with Gasteiger partial charge in [0.05, 0.1) is 16.7 Å². The zero-order valence-corrected chi connectivity index (χ0v) is 11.6. The lowest BCUT2D eigenvalue weighted by Gasteiger charge is -2.24. The van der Waals surface area contributed by atoms with Crippen molar-refractivity contribution in [1.82, 2.24) is 5.32 Å². The molecule has 1 rings (SSSR count). The van der Waals surface area contributed by atoms with Crippen molar-refractivity contribution >= 4 is 15.9 Å². The number of aliphatic hydroxyl groups is 1. The predicted molar refractivity (Wildman–Crippen MR) is 68.4 cm³/mol. The van der Waals surface area contributed by atoms with Crippen molar-refractivity contribution in [3.63, 3.8) is 0 Å². The van der Waals surface area contributed by atoms with Crippen LogP contribution in [0.25, 0.3) is 0 Å². The van der Waals surface area contributed by atoms with Crippen LogP contribution in [0.3, 0.4) is 0 Å². The number of benzene rings is 1. The van der Waals surface area contributed by atoms with Crippen LogP contribution in [0.1, 0.15) is 12.5 Å². The van der Waals surface area contributed by atoms with Crippen molar-refractivity contribution in [2.24, 2.45) is 0 Å². The van der Waals surface area contributed by atoms with E-state index in [0.29, 0.717) is 29.7 Å². The summed E-state index contributed by atoms with van der Waals surface area (Å²) in [5, 5.41) is 13.3. The molecule has 1 unspecified atom stereocenters. The molecule has 0 spiro atoms. The minimum atomic E-state index is -1.04. The molecule has 1 aromatic rings. The van der Waals surface area contributed by atoms with E-state index in [2.05, 4.69) is 21.2 Å². The largest absolute Gasteiger partial charge is 0.384 e. The summed E-state index contributed by atoms with van der Waals surface area (Å²) in [7, 11) is 1.62. The van der Waals surface area contributed by atoms with Gasteiger partial charge in [0.1, 0.15) is 5.82 Å². The van der Waals surface area contributed by atoms with Gasteiger partial charge in [0.15, 0.2) is 0 Å². The summed E-state index contributed by atoms with van der Waals surface area (Å²) in [5.41, 5.74) is -0.375. The molecule has 1 atom stereocenters. The Kier molecular flexibility index (Phi) is 5.52. The number of hydrogen-bond acceptors (Lipinski definition) is 3. The monoisotopic (exact) mass is 305 g/mol. The maximum absolute atomic E-state index is 13.1. The fourth-order valence-corrected chi connectivity index (χ4v) is 1.82. The first-order valence-corrected chi connectivity index (χ1v) is 6.14. The molecule has 0 saturated heterocycles. The summed E-state index contributed by atoms with van der Waals surface area (Å²) in [6, 6.07) is 4.51. The summed E-state index contributed by atoms with van der Waals surface area (Å²) in [6.07, 6.45) is 0. The van der Waals surface area contributed by atoms with Gasteiger partial charge >= 0.3 is 0 Å². The minimum absolute atomic E-state index is 0.336. The third-order valence-corrected chi connectivity index (χ3v) is 3.10. The van der Waals surface area contributed by atoms with Gasteiger partial charge in [-0.15, -0.1) is 0 Å². The Morgan fingerprint density at radius 2 is 2.24 bits per heavy atom. The molecular weight excluding hydrogens is 289 g/mol. The quantitative estimate of drug-likeness (QED) is 0.790. The predicted octanol–water partition coefficient (Wildman–Crippen LogP) is 2.03. The molecule has 17 heavy (non-hydrogen) atoms. The molecule has 0 aliphatic heterocycles. The van der Waals surface area contributed by atoms with E-state index in [0.717, 1.165) is 0 Å². The highest BCUT2D eigenvalue weighted by atomic mass is 79.9. The van der Waals surface area contributed by atoms with Gasteiger partial charge in [0.25, 0.3) is 0 Å². The average Bonchev–Trinajstić information content (AvgIpc) is 2.28. The Morgan fingerprint density at radius 3 is 2.82 bits per heavy atom. The SMILES string of the molecule is COCCNCC(C)(O)c1ccc(F)c(Br)c1. The van der Waals surface area contributed by atoms with Crippen molar-refractivity contribution in [3.05, 3.63) is 34.1 Å². The van der Waals surface area contributed by atoms with Crippen LogP contribution >= 0.6 is 15.9 Å². The molecule has 0 aliphatic rings. The maximum atomic E-state index is 13.1. The van der Waals surface area contributed by atoms with Crippen molar-refractivity contribution in [2.75, 3.05) is 26.8 Å². The van der Waals surface area contributed by atoms with E-state index < -0.39 is 5.60 Å². The average molecular weight is 306 g/mol. The van der Waals surface area contributed by atoms with Gasteiger partial charge < -0.3 is 15.2 Å². The van der Waals surface area contributed by atoms with E-state index in [9.17, 15) is 9.50 Å². The van der Waals surface area contributed by atoms with Crippen LogP contribution in [0.5, 0.6) is 0 Å². The maximum Gasteiger partial charge on any atom is 0.137 e. The number of ether oxygens (including phenoxy) is 1. The van der Waals surface area contributed by atoms with Crippen LogP contribution < -0.4 is 5.32 Å². The normalized spacial score (nSPS) is 14.6. The number of rotatable bonds is 6. The smallest absolute Gasteiger partial charge is 0.137 e. The number of methoxy groups -OCH3 is 1. The highest BCUT2D eigenvalue weighted by Gasteiger charge is 2.23. The Hall–Kier alpha value is -0.490. The van der Waals surface area contributed by atoms with Crippen LogP contribution in [-0.4, -0.2) is 31.9 Å². The molecule has 5 heteroatoms. The second-order valence-corrected chi connectivity index (χ2v) is 4.93. The third kappa shape index (κ3) is 4.35. The fourth-order valence-electron chi connectivity index (χ4n) is 1.44. The van der Waals surface area contributed by atoms with E-state index in [1.165, 1.54) is 6.07 Å². The first-order valence-electron chi connectivity index (χ1n) is 5.35. The lowest BCUT2D eigenvalue weighted by molar-refractivity contribution is 0.0548. The van der Waals surface area contributed by atoms with Gasteiger partial charge in [-0.3, -0.25) is 0 Å². The lowest BCUT2D eigenvalue weighted by Crippen LogP contribution is -2.36. The molecule has 0 radical (unpaired) electrons. The van der Waals surface area contributed by atoms with Crippen molar-refractivity contribution in [2.45, 2.75) is 12.5 Å². The first kappa shape index (κ1) is 14.6. The minimum Gasteiger partial charge on any atom is -0.384 e. The summed E-state index contributed by atoms with van der Waals surface area (Å²) in [6.45, 7) is 3.32. The zero-order chi connectivity index (χ0) is 12.9. The molecule has 0 amide bonds. The van der Waals surface area contributed by atoms with Crippen molar-refractivity contribution < 1.29 is 14.2 Å². The molecule has 0 heterocycles. The zero-order valence-electron chi connectivity index (χ0n) is 9.96. The molecule has 0 aliphatic carbocycles. The van der Waals surface area contributed by atoms with Crippen molar-refractivity contribution in [3.8, 4) is 0 Å². The number of nitrogens with one attached hydrogen (secondary N) is 1. The van der Waals surface area contributed by atoms with Gasteiger partial charge in [0.2, 0.25) is 0 Å². The van der Waals surface area contributed by atoms with E-state index >= 15 is 0 Å². The molecule has 96 valence electrons. The van der Waals surface area contributed by atoms with Gasteiger partial charge in [-0.2, -0.15) is 0 Å². The van der Waals surface area contributed by atoms with Gasteiger partial charge in [-0.1, -0.05) is 6.07 Å². The summed E-state index contributed by atoms with van der Waals surface area (Å²) < 4.78 is 18.3. The van der Waals surface area contributed by atoms with Crippen LogP contribution in [0.15, 0.2) is 22.7 Å². The Labute approximate surface area is 109 Å². The molecule has 0 fully saturated rings. The summed E-state index contributed by atoms with van der Waals surface area (Å²) in [5.74, 6) is -0.336. The van der Waals surface area contributed by atoms with Crippen LogP contribution in [0.2, 0.25) is 0 Å². The van der Waals surface area contributed by atoms with E-state index in [4.69, 9.17) is 4.74 Å². The lowest BCUT2D eigenvalue weighted by atomic mass is 9.96. The standard InChI is InChI=1S/C12H17BrFNO2/c1-12(16,8-15-5-6-17-2)9-3-4-11(14)10(13)7-9/h3-4,7,15-16H,5-6,8H2,1-2H3. The van der Waals surface area contributed by atoms with E-state index in [1.54, 1.807) is 26.2 Å². The summed E-state index contributed by atoms with van der Waals surface area (Å²) >= 11 is 3.11. The molecule has 0 bridgehead atoms. The van der Waals surface area contributed by atoms with Gasteiger partial charge in [-0.25, -0.2) is 4.39 Å². The second kappa shape index (κ2) is 6.44. The Balaban J connectivity index is 2.64. The second-order valence-electron chi connectivity index (χ2n) is 4.07. The number of hydrogen-bond donors (Lipinski definition) is 2. The van der Waals surface area contributed by atoms with E-state index in [-0.39, 0.29) is 5.82 Å². The molecule has 3 nitrogen and oxygen atoms in total. The fraction of sp³-hybridized carbons (Fsp3) is 0.500. The first-order chi connectivity index (χ1) is 7.97. The molecule has 1 aromatic carbocycles. The van der Waals surface area contributed by atoms with Gasteiger partial charge in [0, 0.05) is 20.2 Å². The molecule has 2 N–H and O–H groups in total. The van der Waals surface area contributed by atoms with Gasteiger partial charge in [-0.05, 0) is 40.5 Å². The Morgan fingerprint density at radius 1 is 1.53 bits per heavy atom. The summed E-state index contributed by atoms with van der Waals surface area (Å²) in [4.78, 5) is 0. The van der Waals surface area contributed by atoms with Crippen LogP contribution in [-0.2, 0) is 10.3 Å². The van der Waals surface area contributed by atoms with E-state index in [1.807, 2.05) is 0 Å². The molecule has 0 aromatic heterocycles. The topological polar surface area (TPSA) is 41.5 Å². The molecule has 0 saturated carbocycles. The van der Waals surface area contributed by atoms with Crippen LogP contribution in [0, 0.1) is 5.82 Å². The highest BCUT2D eigenvalue weighted by molar-refractivity contribution is 9.10. The Bertz CT molecular complexity index is 372. The highest BCUT2D eigenvalue weighted by Crippen LogP contribution is 2.25.